The topological polar surface area (TPSA) is 107 Å². The minimum atomic E-state index is 0.436. The first-order chi connectivity index (χ1) is 14.2. The molecule has 1 aliphatic rings. The molecule has 0 atom stereocenters. The predicted octanol–water partition coefficient (Wildman–Crippen LogP) is 1.63. The summed E-state index contributed by atoms with van der Waals surface area (Å²) in [5.41, 5.74) is 2.93. The van der Waals surface area contributed by atoms with Crippen molar-refractivity contribution in [3.05, 3.63) is 31.0 Å². The van der Waals surface area contributed by atoms with Gasteiger partial charge in [-0.2, -0.15) is 19.9 Å². The van der Waals surface area contributed by atoms with E-state index in [1.165, 1.54) is 0 Å². The largest absolute Gasteiger partial charge is 0.321 e. The standard InChI is InChI=1S/C18H23N11/c1-3-27-12-15(9-20-27)29-17-16(24-25-29)10-19-18(23-17)22-13-8-21-28(11-13)14-4-6-26(2)7-5-14/h8-12,14H,3-7H2,1-2H3,(H,19,22,23). The molecular weight excluding hydrogens is 370 g/mol. The molecule has 4 aromatic rings. The van der Waals surface area contributed by atoms with Gasteiger partial charge in [-0.25, -0.2) is 4.98 Å². The second kappa shape index (κ2) is 7.24. The number of nitrogens with one attached hydrogen (secondary N) is 1. The first-order valence-corrected chi connectivity index (χ1v) is 9.80. The van der Waals surface area contributed by atoms with E-state index >= 15 is 0 Å². The molecule has 0 bridgehead atoms. The maximum absolute atomic E-state index is 4.61. The van der Waals surface area contributed by atoms with Crippen LogP contribution in [0, 0.1) is 0 Å². The van der Waals surface area contributed by atoms with Crippen LogP contribution in [-0.2, 0) is 6.54 Å². The fourth-order valence-electron chi connectivity index (χ4n) is 3.59. The average molecular weight is 393 g/mol. The quantitative estimate of drug-likeness (QED) is 0.545. The van der Waals surface area contributed by atoms with Crippen molar-refractivity contribution in [2.24, 2.45) is 0 Å². The Balaban J connectivity index is 1.38. The van der Waals surface area contributed by atoms with E-state index in [4.69, 9.17) is 0 Å². The highest BCUT2D eigenvalue weighted by atomic mass is 15.5. The molecule has 29 heavy (non-hydrogen) atoms. The number of aryl methyl sites for hydroxylation is 1. The summed E-state index contributed by atoms with van der Waals surface area (Å²) in [6, 6.07) is 0.436. The van der Waals surface area contributed by atoms with E-state index in [0.29, 0.717) is 23.2 Å². The van der Waals surface area contributed by atoms with E-state index in [-0.39, 0.29) is 0 Å². The molecule has 0 amide bonds. The van der Waals surface area contributed by atoms with E-state index in [1.807, 2.05) is 34.9 Å². The summed E-state index contributed by atoms with van der Waals surface area (Å²) in [6.45, 7) is 5.01. The third-order valence-electron chi connectivity index (χ3n) is 5.30. The number of hydrogen-bond donors (Lipinski definition) is 1. The van der Waals surface area contributed by atoms with E-state index < -0.39 is 0 Å². The van der Waals surface area contributed by atoms with Crippen molar-refractivity contribution in [3.63, 3.8) is 0 Å². The van der Waals surface area contributed by atoms with Crippen LogP contribution in [0.25, 0.3) is 16.9 Å². The SMILES string of the molecule is CCn1cc(-n2nnc3cnc(Nc4cnn(C5CCN(C)CC5)c4)nc32)cn1. The molecule has 0 saturated carbocycles. The number of nitrogens with zero attached hydrogens (tertiary/aromatic N) is 10. The van der Waals surface area contributed by atoms with Crippen molar-refractivity contribution in [2.75, 3.05) is 25.5 Å². The molecule has 5 rings (SSSR count). The van der Waals surface area contributed by atoms with Gasteiger partial charge in [0.25, 0.3) is 0 Å². The number of rotatable bonds is 5. The van der Waals surface area contributed by atoms with E-state index in [0.717, 1.165) is 43.9 Å². The Morgan fingerprint density at radius 2 is 1.97 bits per heavy atom. The normalized spacial score (nSPS) is 15.9. The van der Waals surface area contributed by atoms with Crippen molar-refractivity contribution in [2.45, 2.75) is 32.4 Å². The van der Waals surface area contributed by atoms with Crippen LogP contribution in [-0.4, -0.2) is 69.6 Å². The molecule has 0 spiro atoms. The summed E-state index contributed by atoms with van der Waals surface area (Å²) in [7, 11) is 2.16. The first-order valence-electron chi connectivity index (χ1n) is 9.80. The highest BCUT2D eigenvalue weighted by Crippen LogP contribution is 2.23. The van der Waals surface area contributed by atoms with Crippen molar-refractivity contribution >= 4 is 22.8 Å². The smallest absolute Gasteiger partial charge is 0.229 e. The molecule has 0 aromatic carbocycles. The van der Waals surface area contributed by atoms with Crippen LogP contribution in [0.3, 0.4) is 0 Å². The zero-order valence-electron chi connectivity index (χ0n) is 16.5. The number of hydrogen-bond acceptors (Lipinski definition) is 8. The molecule has 1 fully saturated rings. The van der Waals surface area contributed by atoms with Gasteiger partial charge in [-0.1, -0.05) is 5.21 Å². The van der Waals surface area contributed by atoms with Crippen molar-refractivity contribution in [1.29, 1.82) is 0 Å². The summed E-state index contributed by atoms with van der Waals surface area (Å²) in [4.78, 5) is 11.3. The van der Waals surface area contributed by atoms with Crippen LogP contribution in [0.5, 0.6) is 0 Å². The number of piperidine rings is 1. The summed E-state index contributed by atoms with van der Waals surface area (Å²) in [5, 5.41) is 20.4. The van der Waals surface area contributed by atoms with Crippen LogP contribution in [0.15, 0.2) is 31.0 Å². The number of anilines is 2. The fraction of sp³-hybridized carbons (Fsp3) is 0.444. The summed E-state index contributed by atoms with van der Waals surface area (Å²) in [5.74, 6) is 0.479. The van der Waals surface area contributed by atoms with Crippen molar-refractivity contribution in [1.82, 2.24) is 49.4 Å². The molecule has 1 aliphatic heterocycles. The van der Waals surface area contributed by atoms with Crippen molar-refractivity contribution in [3.8, 4) is 5.69 Å². The lowest BCUT2D eigenvalue weighted by atomic mass is 10.1. The molecule has 0 aliphatic carbocycles. The van der Waals surface area contributed by atoms with Gasteiger partial charge in [0.1, 0.15) is 5.69 Å². The lowest BCUT2D eigenvalue weighted by molar-refractivity contribution is 0.212. The lowest BCUT2D eigenvalue weighted by Crippen LogP contribution is -2.31. The highest BCUT2D eigenvalue weighted by molar-refractivity contribution is 5.72. The second-order valence-electron chi connectivity index (χ2n) is 7.33. The monoisotopic (exact) mass is 393 g/mol. The zero-order chi connectivity index (χ0) is 19.8. The molecule has 150 valence electrons. The van der Waals surface area contributed by atoms with Crippen LogP contribution in [0.4, 0.5) is 11.6 Å². The molecule has 0 unspecified atom stereocenters. The van der Waals surface area contributed by atoms with Gasteiger partial charge < -0.3 is 10.2 Å². The Morgan fingerprint density at radius 3 is 2.76 bits per heavy atom. The molecule has 0 radical (unpaired) electrons. The van der Waals surface area contributed by atoms with Crippen LogP contribution < -0.4 is 5.32 Å². The maximum atomic E-state index is 4.61. The molecule has 11 nitrogen and oxygen atoms in total. The van der Waals surface area contributed by atoms with E-state index in [2.05, 4.69) is 47.7 Å². The fourth-order valence-corrected chi connectivity index (χ4v) is 3.59. The molecule has 5 heterocycles. The first kappa shape index (κ1) is 17.7. The molecule has 11 heteroatoms. The van der Waals surface area contributed by atoms with Crippen LogP contribution in [0.2, 0.25) is 0 Å². The summed E-state index contributed by atoms with van der Waals surface area (Å²) in [6.07, 6.45) is 11.4. The van der Waals surface area contributed by atoms with Gasteiger partial charge in [-0.05, 0) is 39.9 Å². The van der Waals surface area contributed by atoms with Gasteiger partial charge >= 0.3 is 0 Å². The Hall–Kier alpha value is -3.34. The van der Waals surface area contributed by atoms with Gasteiger partial charge in [0.2, 0.25) is 5.95 Å². The summed E-state index contributed by atoms with van der Waals surface area (Å²) >= 11 is 0. The van der Waals surface area contributed by atoms with Crippen molar-refractivity contribution < 1.29 is 0 Å². The predicted molar refractivity (Wildman–Crippen MR) is 107 cm³/mol. The van der Waals surface area contributed by atoms with Crippen LogP contribution in [0.1, 0.15) is 25.8 Å². The van der Waals surface area contributed by atoms with Gasteiger partial charge in [0.05, 0.1) is 36.5 Å². The van der Waals surface area contributed by atoms with Gasteiger partial charge in [0.15, 0.2) is 11.2 Å². The van der Waals surface area contributed by atoms with Gasteiger partial charge in [-0.3, -0.25) is 9.36 Å². The summed E-state index contributed by atoms with van der Waals surface area (Å²) < 4.78 is 5.54. The minimum Gasteiger partial charge on any atom is -0.321 e. The van der Waals surface area contributed by atoms with E-state index in [1.54, 1.807) is 17.1 Å². The Labute approximate surface area is 167 Å². The molecule has 1 N–H and O–H groups in total. The van der Waals surface area contributed by atoms with E-state index in [9.17, 15) is 0 Å². The highest BCUT2D eigenvalue weighted by Gasteiger charge is 2.19. The van der Waals surface area contributed by atoms with Gasteiger partial charge in [0, 0.05) is 12.7 Å². The number of fused-ring (bicyclic) bond motifs is 1. The Kier molecular flexibility index (Phi) is 4.43. The third kappa shape index (κ3) is 3.44. The van der Waals surface area contributed by atoms with Crippen LogP contribution >= 0.6 is 0 Å². The molecular formula is C18H23N11. The second-order valence-corrected chi connectivity index (χ2v) is 7.33. The molecule has 4 aromatic heterocycles. The van der Waals surface area contributed by atoms with Gasteiger partial charge in [-0.15, -0.1) is 5.10 Å². The Bertz CT molecular complexity index is 1120. The zero-order valence-corrected chi connectivity index (χ0v) is 16.5. The molecule has 1 saturated heterocycles. The Morgan fingerprint density at radius 1 is 1.10 bits per heavy atom. The maximum Gasteiger partial charge on any atom is 0.229 e. The minimum absolute atomic E-state index is 0.436. The average Bonchev–Trinajstić information content (AvgIpc) is 3.47. The lowest BCUT2D eigenvalue weighted by Gasteiger charge is -2.28. The third-order valence-corrected chi connectivity index (χ3v) is 5.30. The number of likely N-dealkylation sites (tertiary alicyclic amines) is 1. The number of aromatic nitrogens is 9.